The Labute approximate surface area is 450 Å². The van der Waals surface area contributed by atoms with Crippen LogP contribution in [0.15, 0.2) is 109 Å². The molecule has 1 atom stereocenters. The van der Waals surface area contributed by atoms with Crippen molar-refractivity contribution in [1.82, 2.24) is 0 Å². The zero-order valence-electron chi connectivity index (χ0n) is 47.6. The van der Waals surface area contributed by atoms with Crippen LogP contribution in [0.25, 0.3) is 0 Å². The number of rotatable bonds is 54. The number of unbranched alkanes of at least 4 members (excludes halogenated alkanes) is 25. The Morgan fingerprint density at radius 3 is 0.918 bits per heavy atom. The van der Waals surface area contributed by atoms with Crippen LogP contribution in [0.4, 0.5) is 0 Å². The van der Waals surface area contributed by atoms with Crippen LogP contribution in [0, 0.1) is 0 Å². The van der Waals surface area contributed by atoms with Gasteiger partial charge in [-0.2, -0.15) is 0 Å². The molecule has 0 aromatic carbocycles. The summed E-state index contributed by atoms with van der Waals surface area (Å²) in [5.74, 6) is -0.993. The minimum absolute atomic E-state index is 0.108. The van der Waals surface area contributed by atoms with Gasteiger partial charge in [-0.3, -0.25) is 14.4 Å². The lowest BCUT2D eigenvalue weighted by atomic mass is 10.0. The molecule has 0 aliphatic rings. The molecule has 0 fully saturated rings. The van der Waals surface area contributed by atoms with E-state index in [1.165, 1.54) is 128 Å². The van der Waals surface area contributed by atoms with Gasteiger partial charge in [0.25, 0.3) is 0 Å². The molecule has 0 aromatic rings. The standard InChI is InChI=1S/C67H112O6/c1-4-7-10-13-16-19-22-25-28-31-33-36-39-42-45-48-51-54-57-60-66(69)72-63-64(62-71-65(68)59-56-53-50-47-44-41-38-35-30-27-24-21-18-15-12-9-6-3)73-67(70)61-58-55-52-49-46-43-40-37-34-32-29-26-23-20-17-14-11-8-5-2/h8,11,17-18,20-21,26-27,29-30,34,37-38,41,43,46-47,50,64H,4-7,9-10,12-16,19,22-25,28,31-33,35-36,39-40,42,44-45,48-49,51-63H2,1-3H3/b11-8-,20-17-,21-18-,29-26-,30-27-,37-34-,41-38-,46-43-,50-47-/t64-/m1/s1. The molecule has 0 aliphatic carbocycles. The van der Waals surface area contributed by atoms with Crippen LogP contribution in [0.5, 0.6) is 0 Å². The third kappa shape index (κ3) is 58.8. The highest BCUT2D eigenvalue weighted by atomic mass is 16.6. The lowest BCUT2D eigenvalue weighted by Gasteiger charge is -2.18. The molecule has 0 unspecified atom stereocenters. The molecule has 0 N–H and O–H groups in total. The Hall–Kier alpha value is -3.93. The summed E-state index contributed by atoms with van der Waals surface area (Å²) in [7, 11) is 0. The third-order valence-corrected chi connectivity index (χ3v) is 12.8. The number of carbonyl (C=O) groups excluding carboxylic acids is 3. The highest BCUT2D eigenvalue weighted by molar-refractivity contribution is 5.71. The van der Waals surface area contributed by atoms with Crippen molar-refractivity contribution in [3.8, 4) is 0 Å². The van der Waals surface area contributed by atoms with E-state index in [-0.39, 0.29) is 44.0 Å². The average molecular weight is 1010 g/mol. The number of esters is 3. The molecule has 0 saturated carbocycles. The number of carbonyl (C=O) groups is 3. The molecule has 0 aromatic heterocycles. The van der Waals surface area contributed by atoms with E-state index in [0.717, 1.165) is 96.3 Å². The highest BCUT2D eigenvalue weighted by Crippen LogP contribution is 2.16. The van der Waals surface area contributed by atoms with Crippen LogP contribution in [-0.2, 0) is 28.6 Å². The van der Waals surface area contributed by atoms with Gasteiger partial charge in [-0.25, -0.2) is 0 Å². The predicted octanol–water partition coefficient (Wildman–Crippen LogP) is 20.7. The Bertz CT molecular complexity index is 1490. The molecule has 0 radical (unpaired) electrons. The van der Waals surface area contributed by atoms with Crippen molar-refractivity contribution >= 4 is 17.9 Å². The van der Waals surface area contributed by atoms with Crippen molar-refractivity contribution in [3.05, 3.63) is 109 Å². The second-order valence-corrected chi connectivity index (χ2v) is 19.9. The fraction of sp³-hybridized carbons (Fsp3) is 0.687. The number of hydrogen-bond acceptors (Lipinski definition) is 6. The van der Waals surface area contributed by atoms with E-state index in [9.17, 15) is 14.4 Å². The molecule has 6 nitrogen and oxygen atoms in total. The van der Waals surface area contributed by atoms with Crippen molar-refractivity contribution in [2.45, 2.75) is 284 Å². The molecule has 0 heterocycles. The van der Waals surface area contributed by atoms with Gasteiger partial charge in [-0.15, -0.1) is 0 Å². The summed E-state index contributed by atoms with van der Waals surface area (Å²) in [6.07, 6.45) is 82.3. The number of allylic oxidation sites excluding steroid dienone is 18. The van der Waals surface area contributed by atoms with E-state index in [4.69, 9.17) is 14.2 Å². The Morgan fingerprint density at radius 2 is 0.548 bits per heavy atom. The van der Waals surface area contributed by atoms with Crippen LogP contribution in [0.1, 0.15) is 278 Å². The van der Waals surface area contributed by atoms with Gasteiger partial charge in [0.05, 0.1) is 0 Å². The molecule has 416 valence electrons. The largest absolute Gasteiger partial charge is 0.462 e. The lowest BCUT2D eigenvalue weighted by Crippen LogP contribution is -2.30. The van der Waals surface area contributed by atoms with Crippen LogP contribution in [0.2, 0.25) is 0 Å². The van der Waals surface area contributed by atoms with Gasteiger partial charge in [0.2, 0.25) is 0 Å². The van der Waals surface area contributed by atoms with Crippen molar-refractivity contribution in [2.75, 3.05) is 13.2 Å². The van der Waals surface area contributed by atoms with Gasteiger partial charge in [-0.1, -0.05) is 265 Å². The Balaban J connectivity index is 4.51. The van der Waals surface area contributed by atoms with Crippen LogP contribution in [-0.4, -0.2) is 37.2 Å². The fourth-order valence-electron chi connectivity index (χ4n) is 8.23. The molecular formula is C67H112O6. The first kappa shape index (κ1) is 69.1. The second kappa shape index (κ2) is 60.6. The zero-order valence-corrected chi connectivity index (χ0v) is 47.6. The van der Waals surface area contributed by atoms with Crippen LogP contribution < -0.4 is 0 Å². The molecule has 0 bridgehead atoms. The van der Waals surface area contributed by atoms with Crippen LogP contribution in [0.3, 0.4) is 0 Å². The summed E-state index contributed by atoms with van der Waals surface area (Å²) in [6.45, 7) is 6.44. The molecule has 0 aliphatic heterocycles. The van der Waals surface area contributed by atoms with E-state index in [0.29, 0.717) is 19.3 Å². The first-order valence-electron chi connectivity index (χ1n) is 30.4. The maximum absolute atomic E-state index is 12.9. The van der Waals surface area contributed by atoms with Gasteiger partial charge >= 0.3 is 17.9 Å². The number of hydrogen-bond donors (Lipinski definition) is 0. The summed E-state index contributed by atoms with van der Waals surface area (Å²) in [6, 6.07) is 0. The minimum Gasteiger partial charge on any atom is -0.462 e. The Kier molecular flexibility index (Phi) is 57.4. The van der Waals surface area contributed by atoms with E-state index >= 15 is 0 Å². The first-order valence-corrected chi connectivity index (χ1v) is 30.4. The summed E-state index contributed by atoms with van der Waals surface area (Å²) in [4.78, 5) is 38.2. The van der Waals surface area contributed by atoms with Crippen molar-refractivity contribution in [2.24, 2.45) is 0 Å². The van der Waals surface area contributed by atoms with Gasteiger partial charge in [0.15, 0.2) is 6.10 Å². The first-order chi connectivity index (χ1) is 36.0. The topological polar surface area (TPSA) is 78.9 Å². The molecule has 0 amide bonds. The second-order valence-electron chi connectivity index (χ2n) is 19.9. The molecule has 0 saturated heterocycles. The smallest absolute Gasteiger partial charge is 0.306 e. The Morgan fingerprint density at radius 1 is 0.288 bits per heavy atom. The van der Waals surface area contributed by atoms with Crippen molar-refractivity contribution < 1.29 is 28.6 Å². The number of ether oxygens (including phenoxy) is 3. The maximum atomic E-state index is 12.9. The van der Waals surface area contributed by atoms with E-state index in [1.807, 2.05) is 0 Å². The van der Waals surface area contributed by atoms with Crippen molar-refractivity contribution in [3.63, 3.8) is 0 Å². The monoisotopic (exact) mass is 1010 g/mol. The SMILES string of the molecule is CC/C=C\C/C=C\C/C=C\C/C=C\C/C=C\CCCCCC(=O)O[C@H](COC(=O)CCC/C=C\C/C=C\C/C=C\C/C=C\CCCCC)COC(=O)CCCCCCCCCCCCCCCCCCCCC. The zero-order chi connectivity index (χ0) is 52.9. The quantitative estimate of drug-likeness (QED) is 0.0261. The predicted molar refractivity (Wildman–Crippen MR) is 316 cm³/mol. The van der Waals surface area contributed by atoms with Crippen molar-refractivity contribution in [1.29, 1.82) is 0 Å². The van der Waals surface area contributed by atoms with E-state index in [2.05, 4.69) is 130 Å². The molecular weight excluding hydrogens is 901 g/mol. The third-order valence-electron chi connectivity index (χ3n) is 12.8. The lowest BCUT2D eigenvalue weighted by molar-refractivity contribution is -0.167. The summed E-state index contributed by atoms with van der Waals surface area (Å²) >= 11 is 0. The minimum atomic E-state index is -0.819. The molecule has 6 heteroatoms. The highest BCUT2D eigenvalue weighted by Gasteiger charge is 2.19. The van der Waals surface area contributed by atoms with Gasteiger partial charge < -0.3 is 14.2 Å². The van der Waals surface area contributed by atoms with Gasteiger partial charge in [0, 0.05) is 19.3 Å². The van der Waals surface area contributed by atoms with Gasteiger partial charge in [-0.05, 0) is 103 Å². The van der Waals surface area contributed by atoms with Crippen LogP contribution >= 0.6 is 0 Å². The summed E-state index contributed by atoms with van der Waals surface area (Å²) in [5, 5.41) is 0. The summed E-state index contributed by atoms with van der Waals surface area (Å²) in [5.41, 5.74) is 0. The average Bonchev–Trinajstić information content (AvgIpc) is 3.39. The normalized spacial score (nSPS) is 12.9. The molecule has 0 spiro atoms. The summed E-state index contributed by atoms with van der Waals surface area (Å²) < 4.78 is 16.8. The fourth-order valence-corrected chi connectivity index (χ4v) is 8.23. The molecule has 73 heavy (non-hydrogen) atoms. The van der Waals surface area contributed by atoms with Gasteiger partial charge in [0.1, 0.15) is 13.2 Å². The van der Waals surface area contributed by atoms with E-state index < -0.39 is 6.10 Å². The van der Waals surface area contributed by atoms with E-state index in [1.54, 1.807) is 0 Å². The maximum Gasteiger partial charge on any atom is 0.306 e. The molecule has 0 rings (SSSR count).